The van der Waals surface area contributed by atoms with Crippen molar-refractivity contribution in [3.63, 3.8) is 0 Å². The molecule has 1 unspecified atom stereocenters. The standard InChI is InChI=1S/C16H34O3/c1-5-8-9-10-11-12-13-14-15(4)19-16(17-6-2)18-7-3/h15-16H,5-14H2,1-4H3. The molecule has 3 nitrogen and oxygen atoms in total. The van der Waals surface area contributed by atoms with E-state index in [4.69, 9.17) is 14.2 Å². The fraction of sp³-hybridized carbons (Fsp3) is 1.00. The van der Waals surface area contributed by atoms with Crippen molar-refractivity contribution in [1.82, 2.24) is 0 Å². The second-order valence-electron chi connectivity index (χ2n) is 5.06. The van der Waals surface area contributed by atoms with Crippen LogP contribution in [0.5, 0.6) is 0 Å². The van der Waals surface area contributed by atoms with Crippen molar-refractivity contribution >= 4 is 0 Å². The summed E-state index contributed by atoms with van der Waals surface area (Å²) >= 11 is 0. The van der Waals surface area contributed by atoms with Crippen molar-refractivity contribution in [3.8, 4) is 0 Å². The van der Waals surface area contributed by atoms with Crippen LogP contribution in [0.25, 0.3) is 0 Å². The number of hydrogen-bond acceptors (Lipinski definition) is 3. The van der Waals surface area contributed by atoms with Gasteiger partial charge in [-0.1, -0.05) is 51.9 Å². The van der Waals surface area contributed by atoms with Gasteiger partial charge in [-0.3, -0.25) is 0 Å². The maximum atomic E-state index is 5.73. The first-order chi connectivity index (χ1) is 9.24. The Morgan fingerprint density at radius 1 is 0.737 bits per heavy atom. The highest BCUT2D eigenvalue weighted by Crippen LogP contribution is 2.12. The Balaban J connectivity index is 3.48. The van der Waals surface area contributed by atoms with Gasteiger partial charge < -0.3 is 14.2 Å². The van der Waals surface area contributed by atoms with Gasteiger partial charge in [-0.2, -0.15) is 0 Å². The van der Waals surface area contributed by atoms with Crippen LogP contribution in [0.3, 0.4) is 0 Å². The van der Waals surface area contributed by atoms with Crippen molar-refractivity contribution in [2.75, 3.05) is 13.2 Å². The molecule has 0 aliphatic heterocycles. The molecule has 0 N–H and O–H groups in total. The van der Waals surface area contributed by atoms with E-state index in [2.05, 4.69) is 13.8 Å². The Labute approximate surface area is 120 Å². The summed E-state index contributed by atoms with van der Waals surface area (Å²) in [5, 5.41) is 0. The quantitative estimate of drug-likeness (QED) is 0.333. The second kappa shape index (κ2) is 14.3. The monoisotopic (exact) mass is 274 g/mol. The molecule has 0 spiro atoms. The van der Waals surface area contributed by atoms with Gasteiger partial charge in [0.15, 0.2) is 0 Å². The minimum Gasteiger partial charge on any atom is -0.330 e. The summed E-state index contributed by atoms with van der Waals surface area (Å²) in [5.74, 6) is 0. The van der Waals surface area contributed by atoms with E-state index < -0.39 is 6.48 Å². The van der Waals surface area contributed by atoms with E-state index in [1.54, 1.807) is 0 Å². The molecular formula is C16H34O3. The minimum atomic E-state index is -0.491. The van der Waals surface area contributed by atoms with E-state index in [1.807, 2.05) is 13.8 Å². The van der Waals surface area contributed by atoms with Crippen molar-refractivity contribution < 1.29 is 14.2 Å². The molecule has 116 valence electrons. The molecule has 0 amide bonds. The normalized spacial score (nSPS) is 13.1. The molecule has 0 aliphatic carbocycles. The minimum absolute atomic E-state index is 0.207. The first-order valence-electron chi connectivity index (χ1n) is 8.13. The average molecular weight is 274 g/mol. The lowest BCUT2D eigenvalue weighted by Gasteiger charge is -2.21. The number of rotatable bonds is 14. The lowest BCUT2D eigenvalue weighted by molar-refractivity contribution is -0.299. The van der Waals surface area contributed by atoms with Crippen molar-refractivity contribution in [2.45, 2.75) is 91.6 Å². The molecule has 19 heavy (non-hydrogen) atoms. The van der Waals surface area contributed by atoms with E-state index in [1.165, 1.54) is 44.9 Å². The Hall–Kier alpha value is -0.120. The molecular weight excluding hydrogens is 240 g/mol. The Bertz CT molecular complexity index is 167. The predicted molar refractivity (Wildman–Crippen MR) is 80.2 cm³/mol. The Morgan fingerprint density at radius 3 is 1.79 bits per heavy atom. The van der Waals surface area contributed by atoms with Crippen LogP contribution in [0.4, 0.5) is 0 Å². The summed E-state index contributed by atoms with van der Waals surface area (Å²) in [4.78, 5) is 0. The number of unbranched alkanes of at least 4 members (excludes halogenated alkanes) is 6. The molecule has 0 rings (SSSR count). The fourth-order valence-corrected chi connectivity index (χ4v) is 2.05. The van der Waals surface area contributed by atoms with Crippen LogP contribution in [0.15, 0.2) is 0 Å². The zero-order valence-corrected chi connectivity index (χ0v) is 13.5. The van der Waals surface area contributed by atoms with Crippen LogP contribution in [-0.4, -0.2) is 25.8 Å². The molecule has 0 aromatic rings. The molecule has 0 radical (unpaired) electrons. The van der Waals surface area contributed by atoms with Crippen molar-refractivity contribution in [3.05, 3.63) is 0 Å². The third kappa shape index (κ3) is 12.6. The molecule has 0 aromatic heterocycles. The Kier molecular flexibility index (Phi) is 14.2. The van der Waals surface area contributed by atoms with Crippen LogP contribution in [0, 0.1) is 0 Å². The summed E-state index contributed by atoms with van der Waals surface area (Å²) in [6.07, 6.45) is 10.7. The lowest BCUT2D eigenvalue weighted by atomic mass is 10.1. The van der Waals surface area contributed by atoms with Gasteiger partial charge in [-0.25, -0.2) is 0 Å². The summed E-state index contributed by atoms with van der Waals surface area (Å²) < 4.78 is 16.5. The van der Waals surface area contributed by atoms with Gasteiger partial charge in [0, 0.05) is 13.2 Å². The molecule has 0 saturated carbocycles. The molecule has 0 aromatic carbocycles. The van der Waals surface area contributed by atoms with Crippen LogP contribution in [0.1, 0.15) is 79.1 Å². The zero-order valence-electron chi connectivity index (χ0n) is 13.5. The maximum absolute atomic E-state index is 5.73. The highest BCUT2D eigenvalue weighted by atomic mass is 16.8. The van der Waals surface area contributed by atoms with Gasteiger partial charge in [-0.15, -0.1) is 0 Å². The molecule has 3 heteroatoms. The van der Waals surface area contributed by atoms with Gasteiger partial charge >= 0.3 is 0 Å². The van der Waals surface area contributed by atoms with E-state index in [9.17, 15) is 0 Å². The van der Waals surface area contributed by atoms with Gasteiger partial charge in [0.25, 0.3) is 6.48 Å². The zero-order chi connectivity index (χ0) is 14.3. The SMILES string of the molecule is CCCCCCCCCC(C)OC(OCC)OCC. The van der Waals surface area contributed by atoms with Gasteiger partial charge in [-0.05, 0) is 27.2 Å². The summed E-state index contributed by atoms with van der Waals surface area (Å²) in [7, 11) is 0. The van der Waals surface area contributed by atoms with Crippen molar-refractivity contribution in [2.24, 2.45) is 0 Å². The summed E-state index contributed by atoms with van der Waals surface area (Å²) in [6.45, 7) is 9.01. The van der Waals surface area contributed by atoms with E-state index in [0.717, 1.165) is 6.42 Å². The van der Waals surface area contributed by atoms with Gasteiger partial charge in [0.1, 0.15) is 0 Å². The van der Waals surface area contributed by atoms with E-state index in [0.29, 0.717) is 13.2 Å². The van der Waals surface area contributed by atoms with Crippen LogP contribution in [-0.2, 0) is 14.2 Å². The second-order valence-corrected chi connectivity index (χ2v) is 5.06. The van der Waals surface area contributed by atoms with E-state index >= 15 is 0 Å². The molecule has 0 aliphatic rings. The third-order valence-corrected chi connectivity index (χ3v) is 3.16. The van der Waals surface area contributed by atoms with Gasteiger partial charge in [0.05, 0.1) is 6.10 Å². The topological polar surface area (TPSA) is 27.7 Å². The molecule has 0 saturated heterocycles. The first-order valence-corrected chi connectivity index (χ1v) is 8.13. The van der Waals surface area contributed by atoms with E-state index in [-0.39, 0.29) is 6.10 Å². The Morgan fingerprint density at radius 2 is 1.26 bits per heavy atom. The smallest absolute Gasteiger partial charge is 0.271 e. The van der Waals surface area contributed by atoms with Crippen molar-refractivity contribution in [1.29, 1.82) is 0 Å². The highest BCUT2D eigenvalue weighted by Gasteiger charge is 2.12. The molecule has 1 atom stereocenters. The fourth-order valence-electron chi connectivity index (χ4n) is 2.05. The predicted octanol–water partition coefficient (Wildman–Crippen LogP) is 4.89. The lowest BCUT2D eigenvalue weighted by Crippen LogP contribution is -2.26. The maximum Gasteiger partial charge on any atom is 0.271 e. The first kappa shape index (κ1) is 18.9. The van der Waals surface area contributed by atoms with Gasteiger partial charge in [0.2, 0.25) is 0 Å². The largest absolute Gasteiger partial charge is 0.330 e. The average Bonchev–Trinajstić information content (AvgIpc) is 2.38. The summed E-state index contributed by atoms with van der Waals surface area (Å²) in [5.41, 5.74) is 0. The molecule has 0 fully saturated rings. The summed E-state index contributed by atoms with van der Waals surface area (Å²) in [6, 6.07) is 0. The highest BCUT2D eigenvalue weighted by molar-refractivity contribution is 4.52. The molecule has 0 bridgehead atoms. The van der Waals surface area contributed by atoms with Crippen LogP contribution >= 0.6 is 0 Å². The number of ether oxygens (including phenoxy) is 3. The third-order valence-electron chi connectivity index (χ3n) is 3.16. The van der Waals surface area contributed by atoms with Crippen LogP contribution in [0.2, 0.25) is 0 Å². The number of hydrogen-bond donors (Lipinski definition) is 0. The molecule has 0 heterocycles. The van der Waals surface area contributed by atoms with Crippen LogP contribution < -0.4 is 0 Å².